The maximum Gasteiger partial charge on any atom is 0.0701 e. The van der Waals surface area contributed by atoms with Crippen LogP contribution in [0.5, 0.6) is 0 Å². The molecule has 1 aliphatic rings. The van der Waals surface area contributed by atoms with Crippen LogP contribution in [0.2, 0.25) is 0 Å². The molecule has 0 saturated heterocycles. The first-order valence-corrected chi connectivity index (χ1v) is 7.91. The van der Waals surface area contributed by atoms with Crippen molar-refractivity contribution in [1.82, 2.24) is 5.32 Å². The van der Waals surface area contributed by atoms with E-state index < -0.39 is 0 Å². The maximum absolute atomic E-state index is 3.64. The summed E-state index contributed by atoms with van der Waals surface area (Å²) >= 11 is 5.33. The van der Waals surface area contributed by atoms with Crippen LogP contribution in [-0.2, 0) is 6.42 Å². The molecule has 0 amide bonds. The molecule has 0 fully saturated rings. The summed E-state index contributed by atoms with van der Waals surface area (Å²) in [4.78, 5) is 1.40. The Bertz CT molecular complexity index is 549. The Morgan fingerprint density at radius 2 is 2.17 bits per heavy atom. The highest BCUT2D eigenvalue weighted by atomic mass is 79.9. The first-order chi connectivity index (χ1) is 8.74. The smallest absolute Gasteiger partial charge is 0.0701 e. The van der Waals surface area contributed by atoms with Gasteiger partial charge in [0.2, 0.25) is 0 Å². The Labute approximate surface area is 120 Å². The molecular weight excluding hydrogens is 306 g/mol. The van der Waals surface area contributed by atoms with Crippen LogP contribution in [0.3, 0.4) is 0 Å². The average molecular weight is 322 g/mol. The van der Waals surface area contributed by atoms with Gasteiger partial charge >= 0.3 is 0 Å². The van der Waals surface area contributed by atoms with Crippen LogP contribution < -0.4 is 5.32 Å². The molecule has 1 aromatic heterocycles. The van der Waals surface area contributed by atoms with Crippen molar-refractivity contribution >= 4 is 27.3 Å². The van der Waals surface area contributed by atoms with Crippen LogP contribution in [0, 0.1) is 0 Å². The zero-order valence-electron chi connectivity index (χ0n) is 10.3. The molecule has 0 spiro atoms. The fourth-order valence-corrected chi connectivity index (χ4v) is 3.98. The second-order valence-corrected chi connectivity index (χ2v) is 7.37. The summed E-state index contributed by atoms with van der Waals surface area (Å²) in [5.41, 5.74) is 3.06. The van der Waals surface area contributed by atoms with Crippen molar-refractivity contribution in [2.24, 2.45) is 0 Å². The van der Waals surface area contributed by atoms with Gasteiger partial charge in [-0.05, 0) is 52.5 Å². The third-order valence-electron chi connectivity index (χ3n) is 3.65. The van der Waals surface area contributed by atoms with Crippen molar-refractivity contribution < 1.29 is 0 Å². The molecule has 0 radical (unpaired) electrons. The summed E-state index contributed by atoms with van der Waals surface area (Å²) in [6.07, 6.45) is 1.23. The topological polar surface area (TPSA) is 12.0 Å². The number of hydrogen-bond acceptors (Lipinski definition) is 2. The van der Waals surface area contributed by atoms with Gasteiger partial charge in [-0.2, -0.15) is 0 Å². The minimum atomic E-state index is 0.439. The van der Waals surface area contributed by atoms with E-state index in [-0.39, 0.29) is 0 Å². The average Bonchev–Trinajstić information content (AvgIpc) is 2.77. The molecule has 0 bridgehead atoms. The molecule has 1 heterocycles. The number of thiophene rings is 1. The van der Waals surface area contributed by atoms with Gasteiger partial charge in [-0.1, -0.05) is 24.3 Å². The van der Waals surface area contributed by atoms with E-state index in [1.807, 2.05) is 11.3 Å². The van der Waals surface area contributed by atoms with Crippen LogP contribution in [0.25, 0.3) is 0 Å². The molecule has 1 aliphatic carbocycles. The van der Waals surface area contributed by atoms with E-state index in [0.29, 0.717) is 12.0 Å². The Balaban J connectivity index is 1.57. The fraction of sp³-hybridized carbons (Fsp3) is 0.333. The molecule has 1 nitrogen and oxygen atoms in total. The van der Waals surface area contributed by atoms with Gasteiger partial charge in [0.25, 0.3) is 0 Å². The van der Waals surface area contributed by atoms with Gasteiger partial charge in [-0.3, -0.25) is 0 Å². The van der Waals surface area contributed by atoms with Crippen molar-refractivity contribution in [2.75, 3.05) is 6.54 Å². The molecule has 3 rings (SSSR count). The third kappa shape index (κ3) is 2.40. The molecule has 0 aliphatic heterocycles. The zero-order valence-corrected chi connectivity index (χ0v) is 12.7. The van der Waals surface area contributed by atoms with Crippen molar-refractivity contribution in [1.29, 1.82) is 0 Å². The zero-order chi connectivity index (χ0) is 12.5. The molecule has 18 heavy (non-hydrogen) atoms. The van der Waals surface area contributed by atoms with Crippen molar-refractivity contribution in [2.45, 2.75) is 25.3 Å². The highest BCUT2D eigenvalue weighted by Crippen LogP contribution is 2.35. The molecule has 2 unspecified atom stereocenters. The van der Waals surface area contributed by atoms with Gasteiger partial charge in [0, 0.05) is 23.4 Å². The van der Waals surface area contributed by atoms with Crippen LogP contribution in [0.4, 0.5) is 0 Å². The van der Waals surface area contributed by atoms with Crippen LogP contribution in [0.1, 0.15) is 34.9 Å². The largest absolute Gasteiger partial charge is 0.309 e. The summed E-state index contributed by atoms with van der Waals surface area (Å²) in [6, 6.07) is 13.5. The molecule has 2 atom stereocenters. The van der Waals surface area contributed by atoms with Gasteiger partial charge in [-0.25, -0.2) is 0 Å². The lowest BCUT2D eigenvalue weighted by atomic mass is 9.77. The third-order valence-corrected chi connectivity index (χ3v) is 5.46. The molecular formula is C15H16BrNS. The number of rotatable bonds is 4. The van der Waals surface area contributed by atoms with E-state index >= 15 is 0 Å². The minimum absolute atomic E-state index is 0.439. The Hall–Kier alpha value is -0.640. The Morgan fingerprint density at radius 1 is 1.33 bits per heavy atom. The van der Waals surface area contributed by atoms with E-state index in [4.69, 9.17) is 0 Å². The first-order valence-electron chi connectivity index (χ1n) is 6.30. The number of halogens is 1. The van der Waals surface area contributed by atoms with Gasteiger partial charge in [0.1, 0.15) is 0 Å². The maximum atomic E-state index is 3.64. The van der Waals surface area contributed by atoms with Crippen molar-refractivity contribution in [3.05, 3.63) is 56.2 Å². The minimum Gasteiger partial charge on any atom is -0.309 e. The lowest BCUT2D eigenvalue weighted by Crippen LogP contribution is -2.30. The highest BCUT2D eigenvalue weighted by molar-refractivity contribution is 9.11. The lowest BCUT2D eigenvalue weighted by molar-refractivity contribution is 0.493. The predicted molar refractivity (Wildman–Crippen MR) is 81.3 cm³/mol. The first kappa shape index (κ1) is 12.4. The summed E-state index contributed by atoms with van der Waals surface area (Å²) in [5.74, 6) is 0.701. The molecule has 94 valence electrons. The van der Waals surface area contributed by atoms with Crippen LogP contribution >= 0.6 is 27.3 Å². The molecule has 2 aromatic rings. The Kier molecular flexibility index (Phi) is 3.55. The second-order valence-electron chi connectivity index (χ2n) is 4.87. The fourth-order valence-electron chi connectivity index (χ4n) is 2.53. The molecule has 1 aromatic carbocycles. The summed E-state index contributed by atoms with van der Waals surface area (Å²) in [5, 5.41) is 3.64. The van der Waals surface area contributed by atoms with E-state index in [9.17, 15) is 0 Å². The van der Waals surface area contributed by atoms with Crippen LogP contribution in [-0.4, -0.2) is 6.54 Å². The number of nitrogens with one attached hydrogen (secondary N) is 1. The van der Waals surface area contributed by atoms with Crippen LogP contribution in [0.15, 0.2) is 40.2 Å². The van der Waals surface area contributed by atoms with E-state index in [1.54, 1.807) is 0 Å². The van der Waals surface area contributed by atoms with Crippen molar-refractivity contribution in [3.8, 4) is 0 Å². The van der Waals surface area contributed by atoms with E-state index in [0.717, 1.165) is 6.54 Å². The molecule has 3 heteroatoms. The van der Waals surface area contributed by atoms with Gasteiger partial charge in [0.15, 0.2) is 0 Å². The number of benzene rings is 1. The standard InChI is InChI=1S/C15H16BrNS/c1-10(14-6-7-15(16)18-14)17-9-12-8-11-4-2-3-5-13(11)12/h2-7,10,12,17H,8-9H2,1H3. The molecule has 0 saturated carbocycles. The summed E-state index contributed by atoms with van der Waals surface area (Å²) in [6.45, 7) is 3.32. The monoisotopic (exact) mass is 321 g/mol. The summed E-state index contributed by atoms with van der Waals surface area (Å²) < 4.78 is 1.21. The predicted octanol–water partition coefficient (Wildman–Crippen LogP) is 4.50. The van der Waals surface area contributed by atoms with Crippen molar-refractivity contribution in [3.63, 3.8) is 0 Å². The highest BCUT2D eigenvalue weighted by Gasteiger charge is 2.25. The quantitative estimate of drug-likeness (QED) is 0.874. The van der Waals surface area contributed by atoms with E-state index in [1.165, 1.54) is 26.2 Å². The summed E-state index contributed by atoms with van der Waals surface area (Å²) in [7, 11) is 0. The normalized spacial score (nSPS) is 19.1. The van der Waals surface area contributed by atoms with Gasteiger partial charge in [-0.15, -0.1) is 11.3 Å². The SMILES string of the molecule is CC(NCC1Cc2ccccc21)c1ccc(Br)s1. The van der Waals surface area contributed by atoms with E-state index in [2.05, 4.69) is 64.6 Å². The lowest BCUT2D eigenvalue weighted by Gasteiger charge is -2.31. The number of fused-ring (bicyclic) bond motifs is 1. The van der Waals surface area contributed by atoms with Gasteiger partial charge < -0.3 is 5.32 Å². The van der Waals surface area contributed by atoms with Gasteiger partial charge in [0.05, 0.1) is 3.79 Å². The second kappa shape index (κ2) is 5.16. The molecule has 1 N–H and O–H groups in total. The Morgan fingerprint density at radius 3 is 2.89 bits per heavy atom. The number of hydrogen-bond donors (Lipinski definition) is 1.